The van der Waals surface area contributed by atoms with E-state index in [2.05, 4.69) is 27.2 Å². The van der Waals surface area contributed by atoms with Gasteiger partial charge in [0.15, 0.2) is 0 Å². The van der Waals surface area contributed by atoms with E-state index in [4.69, 9.17) is 4.74 Å². The van der Waals surface area contributed by atoms with Gasteiger partial charge in [0, 0.05) is 37.4 Å². The molecule has 1 saturated heterocycles. The Morgan fingerprint density at radius 2 is 2.22 bits per heavy atom. The topological polar surface area (TPSA) is 79.4 Å². The number of ether oxygens (including phenoxy) is 1. The summed E-state index contributed by atoms with van der Waals surface area (Å²) in [4.78, 5) is 22.3. The van der Waals surface area contributed by atoms with E-state index in [1.54, 1.807) is 11.0 Å². The molecule has 2 N–H and O–H groups in total. The van der Waals surface area contributed by atoms with Gasteiger partial charge in [0.2, 0.25) is 5.95 Å². The normalized spacial score (nSPS) is 15.1. The van der Waals surface area contributed by atoms with E-state index in [1.165, 1.54) is 0 Å². The van der Waals surface area contributed by atoms with Crippen LogP contribution in [0.25, 0.3) is 0 Å². The molecular formula is C16H25N5O2. The smallest absolute Gasteiger partial charge is 0.409 e. The number of aromatic nitrogens is 2. The molecule has 7 nitrogen and oxygen atoms in total. The molecule has 2 heterocycles. The number of rotatable bonds is 6. The van der Waals surface area contributed by atoms with Crippen LogP contribution in [0.5, 0.6) is 0 Å². The first-order valence-electron chi connectivity index (χ1n) is 8.01. The fraction of sp³-hybridized carbons (Fsp3) is 0.562. The number of aryl methyl sites for hydroxylation is 1. The van der Waals surface area contributed by atoms with E-state index < -0.39 is 0 Å². The molecule has 2 rings (SSSR count). The van der Waals surface area contributed by atoms with Gasteiger partial charge in [-0.25, -0.2) is 9.78 Å². The summed E-state index contributed by atoms with van der Waals surface area (Å²) in [6.07, 6.45) is 3.29. The monoisotopic (exact) mass is 319 g/mol. The molecule has 1 aromatic heterocycles. The fourth-order valence-corrected chi connectivity index (χ4v) is 2.52. The average Bonchev–Trinajstić information content (AvgIpc) is 2.53. The Labute approximate surface area is 137 Å². The van der Waals surface area contributed by atoms with Crippen molar-refractivity contribution >= 4 is 17.9 Å². The lowest BCUT2D eigenvalue weighted by atomic mass is 10.1. The van der Waals surface area contributed by atoms with Crippen molar-refractivity contribution in [2.75, 3.05) is 36.9 Å². The quantitative estimate of drug-likeness (QED) is 0.784. The molecule has 0 aromatic carbocycles. The van der Waals surface area contributed by atoms with Gasteiger partial charge in [-0.15, -0.1) is 6.58 Å². The van der Waals surface area contributed by atoms with Gasteiger partial charge in [0.25, 0.3) is 0 Å². The first kappa shape index (κ1) is 17.1. The number of hydrogen-bond acceptors (Lipinski definition) is 6. The van der Waals surface area contributed by atoms with Gasteiger partial charge in [0.05, 0.1) is 6.61 Å². The number of nitrogens with zero attached hydrogens (tertiary/aromatic N) is 3. The summed E-state index contributed by atoms with van der Waals surface area (Å²) in [5.41, 5.74) is 0.901. The predicted molar refractivity (Wildman–Crippen MR) is 90.7 cm³/mol. The van der Waals surface area contributed by atoms with Gasteiger partial charge in [-0.1, -0.05) is 6.08 Å². The third-order valence-corrected chi connectivity index (χ3v) is 3.63. The highest BCUT2D eigenvalue weighted by atomic mass is 16.6. The molecule has 7 heteroatoms. The second-order valence-electron chi connectivity index (χ2n) is 5.49. The number of hydrogen-bond donors (Lipinski definition) is 2. The van der Waals surface area contributed by atoms with Gasteiger partial charge >= 0.3 is 6.09 Å². The molecule has 0 bridgehead atoms. The van der Waals surface area contributed by atoms with Crippen molar-refractivity contribution in [2.24, 2.45) is 0 Å². The van der Waals surface area contributed by atoms with Gasteiger partial charge in [-0.2, -0.15) is 4.98 Å². The van der Waals surface area contributed by atoms with Crippen LogP contribution in [0.15, 0.2) is 18.7 Å². The molecule has 0 unspecified atom stereocenters. The molecule has 0 radical (unpaired) electrons. The molecule has 126 valence electrons. The standard InChI is InChI=1S/C16H25N5O2/c1-4-8-17-15-18-12(3)11-14(20-15)19-13-6-9-21(10-7-13)16(22)23-5-2/h4,11,13H,1,5-10H2,2-3H3,(H2,17,18,19,20). The molecule has 1 amide bonds. The van der Waals surface area contributed by atoms with Crippen molar-refractivity contribution in [2.45, 2.75) is 32.7 Å². The number of anilines is 2. The number of carbonyl (C=O) groups is 1. The van der Waals surface area contributed by atoms with E-state index in [0.29, 0.717) is 38.2 Å². The maximum absolute atomic E-state index is 11.7. The van der Waals surface area contributed by atoms with Crippen LogP contribution in [0.2, 0.25) is 0 Å². The summed E-state index contributed by atoms with van der Waals surface area (Å²) in [5.74, 6) is 1.40. The van der Waals surface area contributed by atoms with Gasteiger partial charge in [-0.3, -0.25) is 0 Å². The summed E-state index contributed by atoms with van der Waals surface area (Å²) in [6.45, 7) is 9.87. The van der Waals surface area contributed by atoms with Crippen LogP contribution >= 0.6 is 0 Å². The maximum atomic E-state index is 11.7. The summed E-state index contributed by atoms with van der Waals surface area (Å²) >= 11 is 0. The second-order valence-corrected chi connectivity index (χ2v) is 5.49. The number of carbonyl (C=O) groups excluding carboxylic acids is 1. The highest BCUT2D eigenvalue weighted by Gasteiger charge is 2.23. The van der Waals surface area contributed by atoms with Crippen molar-refractivity contribution in [3.05, 3.63) is 24.4 Å². The Bertz CT molecular complexity index is 541. The van der Waals surface area contributed by atoms with Gasteiger partial charge < -0.3 is 20.3 Å². The van der Waals surface area contributed by atoms with Gasteiger partial charge in [-0.05, 0) is 26.7 Å². The lowest BCUT2D eigenvalue weighted by molar-refractivity contribution is 0.0983. The van der Waals surface area contributed by atoms with Crippen LogP contribution in [0.4, 0.5) is 16.6 Å². The number of nitrogens with one attached hydrogen (secondary N) is 2. The van der Waals surface area contributed by atoms with E-state index in [9.17, 15) is 4.79 Å². The summed E-state index contributed by atoms with van der Waals surface area (Å²) in [7, 11) is 0. The molecule has 1 aliphatic rings. The maximum Gasteiger partial charge on any atom is 0.409 e. The Balaban J connectivity index is 1.89. The molecule has 23 heavy (non-hydrogen) atoms. The molecule has 0 spiro atoms. The molecule has 0 aliphatic carbocycles. The van der Waals surface area contributed by atoms with Crippen LogP contribution < -0.4 is 10.6 Å². The van der Waals surface area contributed by atoms with Crippen molar-refractivity contribution in [3.63, 3.8) is 0 Å². The first-order valence-corrected chi connectivity index (χ1v) is 8.01. The van der Waals surface area contributed by atoms with Crippen molar-refractivity contribution in [3.8, 4) is 0 Å². The molecule has 1 aliphatic heterocycles. The van der Waals surface area contributed by atoms with Crippen molar-refractivity contribution in [1.29, 1.82) is 0 Å². The van der Waals surface area contributed by atoms with Crippen molar-refractivity contribution < 1.29 is 9.53 Å². The molecule has 0 atom stereocenters. The minimum absolute atomic E-state index is 0.222. The van der Waals surface area contributed by atoms with E-state index in [0.717, 1.165) is 24.4 Å². The van der Waals surface area contributed by atoms with E-state index in [1.807, 2.05) is 19.9 Å². The molecule has 1 fully saturated rings. The highest BCUT2D eigenvalue weighted by molar-refractivity contribution is 5.67. The summed E-state index contributed by atoms with van der Waals surface area (Å²) in [6, 6.07) is 2.22. The fourth-order valence-electron chi connectivity index (χ4n) is 2.52. The average molecular weight is 319 g/mol. The third-order valence-electron chi connectivity index (χ3n) is 3.63. The second kappa shape index (κ2) is 8.36. The molecule has 0 saturated carbocycles. The Kier molecular flexibility index (Phi) is 6.19. The van der Waals surface area contributed by atoms with E-state index in [-0.39, 0.29) is 6.09 Å². The Morgan fingerprint density at radius 1 is 1.48 bits per heavy atom. The van der Waals surface area contributed by atoms with Crippen LogP contribution in [-0.4, -0.2) is 53.2 Å². The number of piperidine rings is 1. The van der Waals surface area contributed by atoms with Crippen LogP contribution in [-0.2, 0) is 4.74 Å². The SMILES string of the molecule is C=CCNc1nc(C)cc(NC2CCN(C(=O)OCC)CC2)n1. The molecular weight excluding hydrogens is 294 g/mol. The summed E-state index contributed by atoms with van der Waals surface area (Å²) < 4.78 is 5.03. The molecule has 1 aromatic rings. The summed E-state index contributed by atoms with van der Waals surface area (Å²) in [5, 5.41) is 6.53. The largest absolute Gasteiger partial charge is 0.450 e. The Hall–Kier alpha value is -2.31. The van der Waals surface area contributed by atoms with E-state index >= 15 is 0 Å². The zero-order valence-electron chi connectivity index (χ0n) is 13.8. The van der Waals surface area contributed by atoms with Crippen LogP contribution in [0.3, 0.4) is 0 Å². The van der Waals surface area contributed by atoms with Crippen molar-refractivity contribution in [1.82, 2.24) is 14.9 Å². The predicted octanol–water partition coefficient (Wildman–Crippen LogP) is 2.42. The third kappa shape index (κ3) is 5.12. The number of amides is 1. The van der Waals surface area contributed by atoms with Crippen LogP contribution in [0, 0.1) is 6.92 Å². The lowest BCUT2D eigenvalue weighted by Crippen LogP contribution is -2.42. The van der Waals surface area contributed by atoms with Gasteiger partial charge in [0.1, 0.15) is 5.82 Å². The minimum atomic E-state index is -0.222. The minimum Gasteiger partial charge on any atom is -0.450 e. The number of likely N-dealkylation sites (tertiary alicyclic amines) is 1. The Morgan fingerprint density at radius 3 is 2.87 bits per heavy atom. The highest BCUT2D eigenvalue weighted by Crippen LogP contribution is 2.17. The lowest BCUT2D eigenvalue weighted by Gasteiger charge is -2.31. The zero-order valence-corrected chi connectivity index (χ0v) is 13.8. The zero-order chi connectivity index (χ0) is 16.7. The first-order chi connectivity index (χ1) is 11.1. The van der Waals surface area contributed by atoms with Crippen LogP contribution in [0.1, 0.15) is 25.5 Å².